The molecular weight excluding hydrogens is 482 g/mol. The number of nitrogens with zero attached hydrogens (tertiary/aromatic N) is 2. The second-order valence-corrected chi connectivity index (χ2v) is 8.38. The van der Waals surface area contributed by atoms with Gasteiger partial charge in [0.2, 0.25) is 0 Å². The average Bonchev–Trinajstić information content (AvgIpc) is 2.87. The lowest BCUT2D eigenvalue weighted by Crippen LogP contribution is -2.30. The van der Waals surface area contributed by atoms with E-state index in [1.807, 2.05) is 24.3 Å². The van der Waals surface area contributed by atoms with Crippen LogP contribution in [0.25, 0.3) is 10.8 Å². The number of fused-ring (bicyclic) bond motifs is 1. The maximum Gasteiger partial charge on any atom is 0.304 e. The quantitative estimate of drug-likeness (QED) is 0.300. The Morgan fingerprint density at radius 3 is 2.42 bits per heavy atom. The molecule has 0 bridgehead atoms. The molecular formula is C27H20ClN3O5. The van der Waals surface area contributed by atoms with E-state index in [1.165, 1.54) is 0 Å². The molecule has 1 unspecified atom stereocenters. The SMILES string of the molecule is N#Cc1nc(C(=O)NCC(CC(=O)O)c2ccc(Cl)cc2)c(O)c2ccc(Oc3ccccc3)cc12. The van der Waals surface area contributed by atoms with Crippen molar-refractivity contribution < 1.29 is 24.5 Å². The van der Waals surface area contributed by atoms with Gasteiger partial charge in [-0.1, -0.05) is 41.9 Å². The van der Waals surface area contributed by atoms with Crippen molar-refractivity contribution in [1.29, 1.82) is 5.26 Å². The molecule has 9 heteroatoms. The van der Waals surface area contributed by atoms with Gasteiger partial charge in [-0.25, -0.2) is 4.98 Å². The zero-order chi connectivity index (χ0) is 25.7. The van der Waals surface area contributed by atoms with Crippen LogP contribution in [0.3, 0.4) is 0 Å². The van der Waals surface area contributed by atoms with Crippen LogP contribution in [0.15, 0.2) is 72.8 Å². The number of hydrogen-bond acceptors (Lipinski definition) is 6. The molecule has 1 amide bonds. The zero-order valence-corrected chi connectivity index (χ0v) is 19.6. The first-order valence-electron chi connectivity index (χ1n) is 10.9. The third-order valence-corrected chi connectivity index (χ3v) is 5.77. The van der Waals surface area contributed by atoms with E-state index in [4.69, 9.17) is 16.3 Å². The topological polar surface area (TPSA) is 133 Å². The van der Waals surface area contributed by atoms with Gasteiger partial charge in [-0.05, 0) is 48.0 Å². The summed E-state index contributed by atoms with van der Waals surface area (Å²) in [5.74, 6) is -1.67. The van der Waals surface area contributed by atoms with Crippen LogP contribution in [0.4, 0.5) is 0 Å². The fourth-order valence-electron chi connectivity index (χ4n) is 3.76. The number of aliphatic carboxylic acids is 1. The average molecular weight is 502 g/mol. The van der Waals surface area contributed by atoms with E-state index in [1.54, 1.807) is 54.6 Å². The van der Waals surface area contributed by atoms with Gasteiger partial charge in [0.05, 0.1) is 6.42 Å². The Balaban J connectivity index is 1.60. The van der Waals surface area contributed by atoms with Crippen LogP contribution >= 0.6 is 11.6 Å². The molecule has 1 atom stereocenters. The number of halogens is 1. The summed E-state index contributed by atoms with van der Waals surface area (Å²) < 4.78 is 5.80. The number of ether oxygens (including phenoxy) is 1. The maximum absolute atomic E-state index is 12.9. The van der Waals surface area contributed by atoms with Crippen molar-refractivity contribution in [3.63, 3.8) is 0 Å². The number of aromatic hydroxyl groups is 1. The lowest BCUT2D eigenvalue weighted by molar-refractivity contribution is -0.137. The van der Waals surface area contributed by atoms with Gasteiger partial charge in [-0.2, -0.15) is 5.26 Å². The number of hydrogen-bond donors (Lipinski definition) is 3. The first-order valence-corrected chi connectivity index (χ1v) is 11.3. The number of para-hydroxylation sites is 1. The van der Waals surface area contributed by atoms with Gasteiger partial charge < -0.3 is 20.3 Å². The monoisotopic (exact) mass is 501 g/mol. The van der Waals surface area contributed by atoms with E-state index < -0.39 is 23.5 Å². The summed E-state index contributed by atoms with van der Waals surface area (Å²) in [6.07, 6.45) is -0.229. The predicted molar refractivity (Wildman–Crippen MR) is 133 cm³/mol. The molecule has 0 aliphatic carbocycles. The first-order chi connectivity index (χ1) is 17.4. The van der Waals surface area contributed by atoms with Gasteiger partial charge in [0.1, 0.15) is 23.3 Å². The Morgan fingerprint density at radius 2 is 1.75 bits per heavy atom. The molecule has 1 aromatic heterocycles. The number of carbonyl (C=O) groups excluding carboxylic acids is 1. The Bertz CT molecular complexity index is 1470. The molecule has 36 heavy (non-hydrogen) atoms. The number of aromatic nitrogens is 1. The van der Waals surface area contributed by atoms with Gasteiger partial charge >= 0.3 is 5.97 Å². The van der Waals surface area contributed by atoms with E-state index in [-0.39, 0.29) is 29.7 Å². The maximum atomic E-state index is 12.9. The van der Waals surface area contributed by atoms with E-state index in [0.717, 1.165) is 0 Å². The van der Waals surface area contributed by atoms with Gasteiger partial charge in [0.25, 0.3) is 5.91 Å². The van der Waals surface area contributed by atoms with Gasteiger partial charge in [-0.3, -0.25) is 9.59 Å². The second kappa shape index (κ2) is 10.8. The first kappa shape index (κ1) is 24.5. The Labute approximate surface area is 211 Å². The van der Waals surface area contributed by atoms with E-state index in [0.29, 0.717) is 27.5 Å². The highest BCUT2D eigenvalue weighted by molar-refractivity contribution is 6.30. The number of amides is 1. The second-order valence-electron chi connectivity index (χ2n) is 7.95. The van der Waals surface area contributed by atoms with Crippen molar-refractivity contribution in [3.05, 3.63) is 94.8 Å². The molecule has 4 rings (SSSR count). The summed E-state index contributed by atoms with van der Waals surface area (Å²) in [4.78, 5) is 28.4. The number of rotatable bonds is 8. The molecule has 0 saturated heterocycles. The van der Waals surface area contributed by atoms with Crippen molar-refractivity contribution in [2.45, 2.75) is 12.3 Å². The molecule has 1 heterocycles. The van der Waals surface area contributed by atoms with Gasteiger partial charge in [-0.15, -0.1) is 0 Å². The molecule has 180 valence electrons. The summed E-state index contributed by atoms with van der Waals surface area (Å²) in [7, 11) is 0. The predicted octanol–water partition coefficient (Wildman–Crippen LogP) is 5.25. The highest BCUT2D eigenvalue weighted by atomic mass is 35.5. The normalized spacial score (nSPS) is 11.4. The third kappa shape index (κ3) is 5.54. The van der Waals surface area contributed by atoms with E-state index >= 15 is 0 Å². The molecule has 3 aromatic carbocycles. The van der Waals surface area contributed by atoms with Crippen LogP contribution in [0, 0.1) is 11.3 Å². The Morgan fingerprint density at radius 1 is 1.03 bits per heavy atom. The number of carboxylic acid groups (broad SMARTS) is 1. The van der Waals surface area contributed by atoms with Gasteiger partial charge in [0, 0.05) is 28.3 Å². The lowest BCUT2D eigenvalue weighted by atomic mass is 9.95. The summed E-state index contributed by atoms with van der Waals surface area (Å²) >= 11 is 5.92. The third-order valence-electron chi connectivity index (χ3n) is 5.52. The lowest BCUT2D eigenvalue weighted by Gasteiger charge is -2.17. The summed E-state index contributed by atoms with van der Waals surface area (Å²) in [5.41, 5.74) is 0.286. The molecule has 0 radical (unpaired) electrons. The molecule has 0 aliphatic heterocycles. The molecule has 0 spiro atoms. The minimum absolute atomic E-state index is 0.0301. The van der Waals surface area contributed by atoms with E-state index in [2.05, 4.69) is 10.3 Å². The zero-order valence-electron chi connectivity index (χ0n) is 18.8. The number of benzene rings is 3. The standard InChI is InChI=1S/C27H20ClN3O5/c28-18-8-6-16(7-9-18)17(12-24(32)33)15-30-27(35)25-26(34)21-11-10-20(13-22(21)23(14-29)31-25)36-19-4-2-1-3-5-19/h1-11,13,17,34H,12,15H2,(H,30,35)(H,32,33). The largest absolute Gasteiger partial charge is 0.505 e. The highest BCUT2D eigenvalue weighted by Crippen LogP contribution is 2.33. The number of carbonyl (C=O) groups is 2. The fraction of sp³-hybridized carbons (Fsp3) is 0.111. The van der Waals surface area contributed by atoms with Crippen LogP contribution in [0.1, 0.15) is 34.1 Å². The van der Waals surface area contributed by atoms with Crippen molar-refractivity contribution in [2.24, 2.45) is 0 Å². The minimum atomic E-state index is -1.03. The smallest absolute Gasteiger partial charge is 0.304 e. The van der Waals surface area contributed by atoms with Crippen LogP contribution in [0.5, 0.6) is 17.2 Å². The molecule has 8 nitrogen and oxygen atoms in total. The van der Waals surface area contributed by atoms with E-state index in [9.17, 15) is 25.1 Å². The Hall–Kier alpha value is -4.61. The fourth-order valence-corrected chi connectivity index (χ4v) is 3.89. The molecule has 0 aliphatic rings. The van der Waals surface area contributed by atoms with Gasteiger partial charge in [0.15, 0.2) is 11.4 Å². The van der Waals surface area contributed by atoms with Crippen LogP contribution in [-0.2, 0) is 4.79 Å². The number of nitriles is 1. The van der Waals surface area contributed by atoms with Crippen molar-refractivity contribution in [3.8, 4) is 23.3 Å². The number of nitrogens with one attached hydrogen (secondary N) is 1. The van der Waals surface area contributed by atoms with Crippen LogP contribution in [0.2, 0.25) is 5.02 Å². The summed E-state index contributed by atoms with van der Waals surface area (Å²) in [5, 5.41) is 33.5. The Kier molecular flexibility index (Phi) is 7.33. The minimum Gasteiger partial charge on any atom is -0.505 e. The molecule has 0 fully saturated rings. The van der Waals surface area contributed by atoms with Crippen LogP contribution in [-0.4, -0.2) is 33.6 Å². The number of carboxylic acids is 1. The van der Waals surface area contributed by atoms with Crippen molar-refractivity contribution in [1.82, 2.24) is 10.3 Å². The van der Waals surface area contributed by atoms with Crippen molar-refractivity contribution in [2.75, 3.05) is 6.54 Å². The highest BCUT2D eigenvalue weighted by Gasteiger charge is 2.22. The van der Waals surface area contributed by atoms with Crippen LogP contribution < -0.4 is 10.1 Å². The summed E-state index contributed by atoms with van der Waals surface area (Å²) in [6.45, 7) is -0.0301. The summed E-state index contributed by atoms with van der Waals surface area (Å²) in [6, 6.07) is 22.4. The van der Waals surface area contributed by atoms with Crippen molar-refractivity contribution >= 4 is 34.2 Å². The molecule has 0 saturated carbocycles. The number of pyridine rings is 1. The molecule has 4 aromatic rings. The molecule has 3 N–H and O–H groups in total.